The van der Waals surface area contributed by atoms with Crippen molar-refractivity contribution in [1.82, 2.24) is 4.31 Å². The quantitative estimate of drug-likeness (QED) is 0.868. The summed E-state index contributed by atoms with van der Waals surface area (Å²) >= 11 is 0. The molecule has 5 nitrogen and oxygen atoms in total. The molecule has 1 aromatic rings. The minimum atomic E-state index is -3.39. The van der Waals surface area contributed by atoms with Crippen LogP contribution in [-0.2, 0) is 10.0 Å². The van der Waals surface area contributed by atoms with Gasteiger partial charge in [0, 0.05) is 18.7 Å². The van der Waals surface area contributed by atoms with Crippen LogP contribution in [0, 0.1) is 5.41 Å². The van der Waals surface area contributed by atoms with Gasteiger partial charge >= 0.3 is 0 Å². The Morgan fingerprint density at radius 3 is 2.17 bits per heavy atom. The number of carbonyl (C=O) groups excluding carboxylic acids is 1. The summed E-state index contributed by atoms with van der Waals surface area (Å²) in [7, 11) is -3.39. The van der Waals surface area contributed by atoms with E-state index in [2.05, 4.69) is 0 Å². The van der Waals surface area contributed by atoms with Gasteiger partial charge in [0.05, 0.1) is 4.90 Å². The number of rotatable bonds is 3. The summed E-state index contributed by atoms with van der Waals surface area (Å²) in [4.78, 5) is 11.1. The number of primary amides is 1. The Bertz CT molecular complexity index is 595. The monoisotopic (exact) mass is 266 g/mol. The van der Waals surface area contributed by atoms with Crippen molar-refractivity contribution in [2.45, 2.75) is 17.7 Å². The van der Waals surface area contributed by atoms with Crippen molar-refractivity contribution < 1.29 is 13.2 Å². The molecule has 3 rings (SSSR count). The van der Waals surface area contributed by atoms with Gasteiger partial charge in [0.1, 0.15) is 0 Å². The summed E-state index contributed by atoms with van der Waals surface area (Å²) in [6, 6.07) is 5.77. The SMILES string of the molecule is NC(=O)c1ccc(S(=O)(=O)N2CC3(CC3)C2)cc1. The van der Waals surface area contributed by atoms with Crippen LogP contribution in [0.25, 0.3) is 0 Å². The summed E-state index contributed by atoms with van der Waals surface area (Å²) in [5.41, 5.74) is 5.72. The molecule has 0 unspecified atom stereocenters. The standard InChI is InChI=1S/C12H14N2O3S/c13-11(15)9-1-3-10(4-2-9)18(16,17)14-7-12(8-14)5-6-12/h1-4H,5-8H2,(H2,13,15). The molecule has 1 aliphatic heterocycles. The van der Waals surface area contributed by atoms with E-state index in [4.69, 9.17) is 5.73 Å². The lowest BCUT2D eigenvalue weighted by molar-refractivity contribution is 0.1000. The van der Waals surface area contributed by atoms with Gasteiger partial charge in [-0.15, -0.1) is 0 Å². The van der Waals surface area contributed by atoms with Crippen LogP contribution in [0.4, 0.5) is 0 Å². The first kappa shape index (κ1) is 11.7. The van der Waals surface area contributed by atoms with Crippen molar-refractivity contribution in [3.63, 3.8) is 0 Å². The highest BCUT2D eigenvalue weighted by atomic mass is 32.2. The van der Waals surface area contributed by atoms with Crippen molar-refractivity contribution in [1.29, 1.82) is 0 Å². The van der Waals surface area contributed by atoms with E-state index < -0.39 is 15.9 Å². The Morgan fingerprint density at radius 1 is 1.17 bits per heavy atom. The second-order valence-corrected chi connectivity index (χ2v) is 7.10. The van der Waals surface area contributed by atoms with E-state index in [0.717, 1.165) is 12.8 Å². The second-order valence-electron chi connectivity index (χ2n) is 5.16. The Morgan fingerprint density at radius 2 is 1.72 bits per heavy atom. The summed E-state index contributed by atoms with van der Waals surface area (Å²) < 4.78 is 25.9. The average Bonchev–Trinajstić information content (AvgIpc) is 3.07. The fourth-order valence-electron chi connectivity index (χ4n) is 2.31. The molecule has 2 aliphatic rings. The number of amides is 1. The zero-order valence-corrected chi connectivity index (χ0v) is 10.6. The smallest absolute Gasteiger partial charge is 0.248 e. The van der Waals surface area contributed by atoms with E-state index in [1.165, 1.54) is 28.6 Å². The number of hydrogen-bond acceptors (Lipinski definition) is 3. The van der Waals surface area contributed by atoms with Gasteiger partial charge in [-0.05, 0) is 42.5 Å². The Balaban J connectivity index is 1.82. The van der Waals surface area contributed by atoms with Gasteiger partial charge in [0.25, 0.3) is 0 Å². The Hall–Kier alpha value is -1.40. The van der Waals surface area contributed by atoms with E-state index in [1.807, 2.05) is 0 Å². The molecule has 1 aliphatic carbocycles. The van der Waals surface area contributed by atoms with Crippen LogP contribution in [0.5, 0.6) is 0 Å². The molecule has 0 atom stereocenters. The van der Waals surface area contributed by atoms with E-state index in [1.54, 1.807) is 0 Å². The first-order valence-corrected chi connectivity index (χ1v) is 7.27. The van der Waals surface area contributed by atoms with Gasteiger partial charge in [-0.1, -0.05) is 0 Å². The van der Waals surface area contributed by atoms with Crippen molar-refractivity contribution in [2.24, 2.45) is 11.1 Å². The molecule has 1 spiro atoms. The van der Waals surface area contributed by atoms with Gasteiger partial charge in [-0.2, -0.15) is 4.31 Å². The van der Waals surface area contributed by atoms with Crippen LogP contribution < -0.4 is 5.73 Å². The van der Waals surface area contributed by atoms with E-state index in [0.29, 0.717) is 24.1 Å². The van der Waals surface area contributed by atoms with Gasteiger partial charge in [-0.25, -0.2) is 8.42 Å². The minimum absolute atomic E-state index is 0.225. The predicted octanol–water partition coefficient (Wildman–Crippen LogP) is 0.570. The third-order valence-electron chi connectivity index (χ3n) is 3.76. The highest BCUT2D eigenvalue weighted by Crippen LogP contribution is 2.54. The number of nitrogens with zero attached hydrogens (tertiary/aromatic N) is 1. The van der Waals surface area contributed by atoms with Gasteiger partial charge in [-0.3, -0.25) is 4.79 Å². The number of carbonyl (C=O) groups is 1. The molecular weight excluding hydrogens is 252 g/mol. The highest BCUT2D eigenvalue weighted by molar-refractivity contribution is 7.89. The second kappa shape index (κ2) is 3.55. The third kappa shape index (κ3) is 1.72. The molecule has 1 saturated carbocycles. The molecule has 0 radical (unpaired) electrons. The Kier molecular flexibility index (Phi) is 2.30. The van der Waals surface area contributed by atoms with Crippen LogP contribution in [0.2, 0.25) is 0 Å². The first-order chi connectivity index (χ1) is 8.43. The predicted molar refractivity (Wildman–Crippen MR) is 65.4 cm³/mol. The van der Waals surface area contributed by atoms with Crippen LogP contribution in [-0.4, -0.2) is 31.7 Å². The summed E-state index contributed by atoms with van der Waals surface area (Å²) in [5, 5.41) is 0. The Labute approximate surface area is 106 Å². The average molecular weight is 266 g/mol. The van der Waals surface area contributed by atoms with Crippen molar-refractivity contribution >= 4 is 15.9 Å². The normalized spacial score (nSPS) is 21.6. The zero-order chi connectivity index (χ0) is 13.0. The molecule has 96 valence electrons. The maximum Gasteiger partial charge on any atom is 0.248 e. The summed E-state index contributed by atoms with van der Waals surface area (Å²) in [5.74, 6) is -0.556. The lowest BCUT2D eigenvalue weighted by Crippen LogP contribution is -2.51. The van der Waals surface area contributed by atoms with Gasteiger partial charge in [0.15, 0.2) is 0 Å². The van der Waals surface area contributed by atoms with Gasteiger partial charge < -0.3 is 5.73 Å². The first-order valence-electron chi connectivity index (χ1n) is 5.83. The molecule has 1 heterocycles. The molecule has 2 N–H and O–H groups in total. The number of nitrogens with two attached hydrogens (primary N) is 1. The molecule has 6 heteroatoms. The number of hydrogen-bond donors (Lipinski definition) is 1. The minimum Gasteiger partial charge on any atom is -0.366 e. The van der Waals surface area contributed by atoms with Crippen molar-refractivity contribution in [2.75, 3.05) is 13.1 Å². The summed E-state index contributed by atoms with van der Waals surface area (Å²) in [6.07, 6.45) is 2.28. The molecule has 18 heavy (non-hydrogen) atoms. The zero-order valence-electron chi connectivity index (χ0n) is 9.80. The van der Waals surface area contributed by atoms with Crippen LogP contribution in [0.15, 0.2) is 29.2 Å². The van der Waals surface area contributed by atoms with E-state index in [9.17, 15) is 13.2 Å². The number of benzene rings is 1. The fraction of sp³-hybridized carbons (Fsp3) is 0.417. The number of sulfonamides is 1. The molecule has 1 amide bonds. The largest absolute Gasteiger partial charge is 0.366 e. The molecule has 1 saturated heterocycles. The molecule has 1 aromatic carbocycles. The fourth-order valence-corrected chi connectivity index (χ4v) is 3.97. The van der Waals surface area contributed by atoms with Crippen molar-refractivity contribution in [3.05, 3.63) is 29.8 Å². The third-order valence-corrected chi connectivity index (χ3v) is 5.56. The maximum atomic E-state index is 12.2. The van der Waals surface area contributed by atoms with Crippen LogP contribution in [0.3, 0.4) is 0 Å². The van der Waals surface area contributed by atoms with Crippen molar-refractivity contribution in [3.8, 4) is 0 Å². The molecule has 0 aromatic heterocycles. The lowest BCUT2D eigenvalue weighted by atomic mass is 10.0. The van der Waals surface area contributed by atoms with Gasteiger partial charge in [0.2, 0.25) is 15.9 Å². The van der Waals surface area contributed by atoms with Crippen LogP contribution >= 0.6 is 0 Å². The highest BCUT2D eigenvalue weighted by Gasteiger charge is 2.55. The van der Waals surface area contributed by atoms with E-state index >= 15 is 0 Å². The van der Waals surface area contributed by atoms with E-state index in [-0.39, 0.29) is 4.90 Å². The molecule has 0 bridgehead atoms. The molecular formula is C12H14N2O3S. The molecule has 2 fully saturated rings. The summed E-state index contributed by atoms with van der Waals surface area (Å²) in [6.45, 7) is 1.26. The van der Waals surface area contributed by atoms with Crippen LogP contribution in [0.1, 0.15) is 23.2 Å². The lowest BCUT2D eigenvalue weighted by Gasteiger charge is -2.38. The topological polar surface area (TPSA) is 80.5 Å². The maximum absolute atomic E-state index is 12.2.